The van der Waals surface area contributed by atoms with Crippen molar-refractivity contribution in [2.45, 2.75) is 19.9 Å². The molecule has 18 heavy (non-hydrogen) atoms. The lowest BCUT2D eigenvalue weighted by atomic mass is 9.98. The Hall–Kier alpha value is -1.67. The molecule has 0 saturated carbocycles. The van der Waals surface area contributed by atoms with Crippen molar-refractivity contribution >= 4 is 16.6 Å². The van der Waals surface area contributed by atoms with E-state index in [1.54, 1.807) is 6.92 Å². The summed E-state index contributed by atoms with van der Waals surface area (Å²) in [5.41, 5.74) is 2.31. The van der Waals surface area contributed by atoms with E-state index in [9.17, 15) is 4.79 Å². The van der Waals surface area contributed by atoms with E-state index in [1.165, 1.54) is 16.3 Å². The normalized spacial score (nSPS) is 12.9. The Labute approximate surface area is 108 Å². The van der Waals surface area contributed by atoms with Crippen LogP contribution in [0.15, 0.2) is 36.4 Å². The zero-order valence-corrected chi connectivity index (χ0v) is 11.4. The molecule has 0 radical (unpaired) electrons. The van der Waals surface area contributed by atoms with Gasteiger partial charge < -0.3 is 0 Å². The third-order valence-corrected chi connectivity index (χ3v) is 3.24. The SMILES string of the molecule is CC(=O)C(c1ccc2cc(C)ccc2c1)N(C)C. The van der Waals surface area contributed by atoms with Gasteiger partial charge >= 0.3 is 0 Å². The van der Waals surface area contributed by atoms with E-state index in [0.29, 0.717) is 0 Å². The summed E-state index contributed by atoms with van der Waals surface area (Å²) in [6.07, 6.45) is 0. The average Bonchev–Trinajstić information content (AvgIpc) is 2.28. The lowest BCUT2D eigenvalue weighted by Gasteiger charge is -2.22. The molecule has 2 nitrogen and oxygen atoms in total. The van der Waals surface area contributed by atoms with Gasteiger partial charge in [-0.15, -0.1) is 0 Å². The molecule has 0 bridgehead atoms. The average molecular weight is 241 g/mol. The van der Waals surface area contributed by atoms with E-state index in [2.05, 4.69) is 37.3 Å². The number of carbonyl (C=O) groups excluding carboxylic acids is 1. The molecule has 0 aromatic heterocycles. The number of likely N-dealkylation sites (N-methyl/N-ethyl adjacent to an activating group) is 1. The maximum atomic E-state index is 11.7. The van der Waals surface area contributed by atoms with Crippen molar-refractivity contribution in [3.8, 4) is 0 Å². The highest BCUT2D eigenvalue weighted by atomic mass is 16.1. The van der Waals surface area contributed by atoms with Crippen molar-refractivity contribution in [1.82, 2.24) is 4.90 Å². The first-order valence-corrected chi connectivity index (χ1v) is 6.16. The Balaban J connectivity index is 2.52. The third kappa shape index (κ3) is 2.44. The number of ketones is 1. The highest BCUT2D eigenvalue weighted by molar-refractivity contribution is 5.87. The third-order valence-electron chi connectivity index (χ3n) is 3.24. The second-order valence-corrected chi connectivity index (χ2v) is 5.09. The molecule has 0 aliphatic carbocycles. The van der Waals surface area contributed by atoms with Gasteiger partial charge in [0.15, 0.2) is 5.78 Å². The van der Waals surface area contributed by atoms with Crippen LogP contribution in [-0.2, 0) is 4.79 Å². The summed E-state index contributed by atoms with van der Waals surface area (Å²) in [4.78, 5) is 13.7. The number of benzene rings is 2. The van der Waals surface area contributed by atoms with Gasteiger partial charge in [-0.25, -0.2) is 0 Å². The molecule has 0 fully saturated rings. The van der Waals surface area contributed by atoms with E-state index in [1.807, 2.05) is 25.1 Å². The van der Waals surface area contributed by atoms with Gasteiger partial charge in [0.25, 0.3) is 0 Å². The van der Waals surface area contributed by atoms with Gasteiger partial charge in [0, 0.05) is 0 Å². The lowest BCUT2D eigenvalue weighted by Crippen LogP contribution is -2.25. The van der Waals surface area contributed by atoms with Crippen LogP contribution < -0.4 is 0 Å². The van der Waals surface area contributed by atoms with E-state index in [4.69, 9.17) is 0 Å². The highest BCUT2D eigenvalue weighted by Gasteiger charge is 2.18. The summed E-state index contributed by atoms with van der Waals surface area (Å²) in [7, 11) is 3.87. The maximum absolute atomic E-state index is 11.7. The molecule has 1 atom stereocenters. The second kappa shape index (κ2) is 4.91. The maximum Gasteiger partial charge on any atom is 0.151 e. The minimum atomic E-state index is -0.157. The Bertz CT molecular complexity index is 587. The number of rotatable bonds is 3. The molecule has 0 aliphatic rings. The molecule has 0 N–H and O–H groups in total. The first-order valence-electron chi connectivity index (χ1n) is 6.16. The minimum absolute atomic E-state index is 0.157. The van der Waals surface area contributed by atoms with Gasteiger partial charge in [0.1, 0.15) is 0 Å². The largest absolute Gasteiger partial charge is 0.298 e. The standard InChI is InChI=1S/C16H19NO/c1-11-5-6-14-10-15(8-7-13(14)9-11)16(12(2)18)17(3)4/h5-10,16H,1-4H3. The van der Waals surface area contributed by atoms with Crippen molar-refractivity contribution in [2.75, 3.05) is 14.1 Å². The van der Waals surface area contributed by atoms with E-state index in [0.717, 1.165) is 5.56 Å². The van der Waals surface area contributed by atoms with Gasteiger partial charge in [0.05, 0.1) is 6.04 Å². The fourth-order valence-electron chi connectivity index (χ4n) is 2.45. The highest BCUT2D eigenvalue weighted by Crippen LogP contribution is 2.24. The molecular formula is C16H19NO. The molecule has 2 aromatic rings. The minimum Gasteiger partial charge on any atom is -0.298 e. The summed E-state index contributed by atoms with van der Waals surface area (Å²) in [6, 6.07) is 12.5. The topological polar surface area (TPSA) is 20.3 Å². The first kappa shape index (κ1) is 12.8. The monoisotopic (exact) mass is 241 g/mol. The molecule has 2 rings (SSSR count). The van der Waals surface area contributed by atoms with Crippen LogP contribution >= 0.6 is 0 Å². The summed E-state index contributed by atoms with van der Waals surface area (Å²) in [6.45, 7) is 3.73. The summed E-state index contributed by atoms with van der Waals surface area (Å²) in [5, 5.41) is 2.41. The zero-order chi connectivity index (χ0) is 13.3. The zero-order valence-electron chi connectivity index (χ0n) is 11.4. The van der Waals surface area contributed by atoms with Gasteiger partial charge in [-0.1, -0.05) is 35.9 Å². The lowest BCUT2D eigenvalue weighted by molar-refractivity contribution is -0.121. The molecule has 2 heteroatoms. The van der Waals surface area contributed by atoms with Gasteiger partial charge in [-0.2, -0.15) is 0 Å². The molecule has 0 amide bonds. The summed E-state index contributed by atoms with van der Waals surface area (Å²) < 4.78 is 0. The van der Waals surface area contributed by atoms with Crippen LogP contribution in [0.2, 0.25) is 0 Å². The quantitative estimate of drug-likeness (QED) is 0.821. The number of nitrogens with zero attached hydrogens (tertiary/aromatic N) is 1. The van der Waals surface area contributed by atoms with Crippen LogP contribution in [0.3, 0.4) is 0 Å². The number of aryl methyl sites for hydroxylation is 1. The first-order chi connectivity index (χ1) is 8.49. The fourth-order valence-corrected chi connectivity index (χ4v) is 2.45. The number of carbonyl (C=O) groups is 1. The number of hydrogen-bond donors (Lipinski definition) is 0. The van der Waals surface area contributed by atoms with Crippen LogP contribution in [0, 0.1) is 6.92 Å². The van der Waals surface area contributed by atoms with Crippen LogP contribution in [0.5, 0.6) is 0 Å². The second-order valence-electron chi connectivity index (χ2n) is 5.09. The van der Waals surface area contributed by atoms with Crippen molar-refractivity contribution in [1.29, 1.82) is 0 Å². The van der Waals surface area contributed by atoms with Crippen LogP contribution in [0.1, 0.15) is 24.1 Å². The van der Waals surface area contributed by atoms with Crippen molar-refractivity contribution in [3.63, 3.8) is 0 Å². The molecule has 0 aliphatic heterocycles. The van der Waals surface area contributed by atoms with Gasteiger partial charge in [-0.3, -0.25) is 9.69 Å². The van der Waals surface area contributed by atoms with Crippen molar-refractivity contribution in [3.05, 3.63) is 47.5 Å². The molecule has 1 unspecified atom stereocenters. The van der Waals surface area contributed by atoms with Crippen LogP contribution in [0.4, 0.5) is 0 Å². The van der Waals surface area contributed by atoms with E-state index >= 15 is 0 Å². The summed E-state index contributed by atoms with van der Waals surface area (Å²) in [5.74, 6) is 0.173. The Morgan fingerprint density at radius 2 is 1.67 bits per heavy atom. The van der Waals surface area contributed by atoms with Crippen LogP contribution in [-0.4, -0.2) is 24.8 Å². The molecule has 0 saturated heterocycles. The smallest absolute Gasteiger partial charge is 0.151 e. The molecule has 0 spiro atoms. The number of hydrogen-bond acceptors (Lipinski definition) is 2. The molecule has 2 aromatic carbocycles. The molecule has 0 heterocycles. The Kier molecular flexibility index (Phi) is 3.48. The fraction of sp³-hybridized carbons (Fsp3) is 0.312. The molecular weight excluding hydrogens is 222 g/mol. The van der Waals surface area contributed by atoms with Crippen molar-refractivity contribution < 1.29 is 4.79 Å². The van der Waals surface area contributed by atoms with E-state index in [-0.39, 0.29) is 11.8 Å². The molecule has 94 valence electrons. The predicted octanol–water partition coefficient (Wildman–Crippen LogP) is 3.34. The number of fused-ring (bicyclic) bond motifs is 1. The Morgan fingerprint density at radius 1 is 1.06 bits per heavy atom. The van der Waals surface area contributed by atoms with E-state index < -0.39 is 0 Å². The Morgan fingerprint density at radius 3 is 2.28 bits per heavy atom. The van der Waals surface area contributed by atoms with Crippen LogP contribution in [0.25, 0.3) is 10.8 Å². The summed E-state index contributed by atoms with van der Waals surface area (Å²) >= 11 is 0. The van der Waals surface area contributed by atoms with Gasteiger partial charge in [0.2, 0.25) is 0 Å². The van der Waals surface area contributed by atoms with Crippen molar-refractivity contribution in [2.24, 2.45) is 0 Å². The predicted molar refractivity (Wildman–Crippen MR) is 75.8 cm³/mol. The number of Topliss-reactive ketones (excluding diaryl/α,β-unsaturated/α-hetero) is 1. The van der Waals surface area contributed by atoms with Gasteiger partial charge in [-0.05, 0) is 50.3 Å².